The van der Waals surface area contributed by atoms with Gasteiger partial charge in [0.25, 0.3) is 0 Å². The summed E-state index contributed by atoms with van der Waals surface area (Å²) in [7, 11) is 2.02. The van der Waals surface area contributed by atoms with Crippen LogP contribution in [0.1, 0.15) is 18.4 Å². The highest BCUT2D eigenvalue weighted by atomic mass is 79.9. The molecule has 1 fully saturated rings. The molecule has 2 rings (SSSR count). The number of rotatable bonds is 4. The van der Waals surface area contributed by atoms with E-state index in [1.807, 2.05) is 13.1 Å². The second kappa shape index (κ2) is 4.44. The molecule has 0 amide bonds. The van der Waals surface area contributed by atoms with E-state index < -0.39 is 0 Å². The molecule has 1 aliphatic rings. The Labute approximate surface area is 104 Å². The van der Waals surface area contributed by atoms with Crippen molar-refractivity contribution >= 4 is 27.5 Å². The van der Waals surface area contributed by atoms with Crippen LogP contribution >= 0.6 is 27.5 Å². The van der Waals surface area contributed by atoms with Crippen LogP contribution in [0.3, 0.4) is 0 Å². The maximum absolute atomic E-state index is 6.21. The average molecular weight is 289 g/mol. The van der Waals surface area contributed by atoms with Gasteiger partial charge >= 0.3 is 0 Å². The third-order valence-corrected chi connectivity index (χ3v) is 3.93. The van der Waals surface area contributed by atoms with Crippen molar-refractivity contribution < 1.29 is 0 Å². The van der Waals surface area contributed by atoms with E-state index in [2.05, 4.69) is 33.4 Å². The van der Waals surface area contributed by atoms with Crippen molar-refractivity contribution in [3.8, 4) is 0 Å². The Morgan fingerprint density at radius 1 is 1.47 bits per heavy atom. The smallest absolute Gasteiger partial charge is 0.0449 e. The number of hydrogen-bond acceptors (Lipinski definition) is 1. The third kappa shape index (κ3) is 2.74. The van der Waals surface area contributed by atoms with Crippen molar-refractivity contribution in [3.63, 3.8) is 0 Å². The lowest BCUT2D eigenvalue weighted by Crippen LogP contribution is -2.22. The van der Waals surface area contributed by atoms with Crippen LogP contribution in [-0.2, 0) is 6.42 Å². The summed E-state index contributed by atoms with van der Waals surface area (Å²) in [6.07, 6.45) is 3.74. The van der Waals surface area contributed by atoms with E-state index in [4.69, 9.17) is 11.6 Å². The molecule has 15 heavy (non-hydrogen) atoms. The summed E-state index contributed by atoms with van der Waals surface area (Å²) in [5.74, 6) is 0. The molecule has 1 aliphatic carbocycles. The molecule has 0 unspecified atom stereocenters. The summed E-state index contributed by atoms with van der Waals surface area (Å²) >= 11 is 9.64. The molecular formula is C12H15BrClN. The summed E-state index contributed by atoms with van der Waals surface area (Å²) < 4.78 is 1.05. The zero-order valence-electron chi connectivity index (χ0n) is 8.82. The van der Waals surface area contributed by atoms with E-state index >= 15 is 0 Å². The molecule has 0 saturated heterocycles. The number of benzene rings is 1. The molecule has 3 heteroatoms. The molecule has 1 N–H and O–H groups in total. The fourth-order valence-electron chi connectivity index (χ4n) is 2.04. The summed E-state index contributed by atoms with van der Waals surface area (Å²) in [5.41, 5.74) is 1.75. The molecule has 1 nitrogen and oxygen atoms in total. The highest BCUT2D eigenvalue weighted by molar-refractivity contribution is 9.10. The largest absolute Gasteiger partial charge is 0.319 e. The van der Waals surface area contributed by atoms with Gasteiger partial charge in [-0.3, -0.25) is 0 Å². The van der Waals surface area contributed by atoms with Gasteiger partial charge in [0, 0.05) is 16.0 Å². The molecule has 0 bridgehead atoms. The maximum atomic E-state index is 6.21. The first-order chi connectivity index (χ1) is 7.15. The van der Waals surface area contributed by atoms with Gasteiger partial charge in [-0.25, -0.2) is 0 Å². The number of hydrogen-bond donors (Lipinski definition) is 1. The normalized spacial score (nSPS) is 17.8. The molecule has 1 saturated carbocycles. The van der Waals surface area contributed by atoms with Crippen LogP contribution in [0, 0.1) is 5.41 Å². The van der Waals surface area contributed by atoms with Gasteiger partial charge in [-0.2, -0.15) is 0 Å². The van der Waals surface area contributed by atoms with E-state index in [0.717, 1.165) is 22.5 Å². The first-order valence-corrected chi connectivity index (χ1v) is 6.41. The zero-order valence-corrected chi connectivity index (χ0v) is 11.2. The van der Waals surface area contributed by atoms with Crippen molar-refractivity contribution in [2.24, 2.45) is 5.41 Å². The van der Waals surface area contributed by atoms with E-state index in [1.165, 1.54) is 18.4 Å². The molecule has 0 aromatic heterocycles. The highest BCUT2D eigenvalue weighted by Crippen LogP contribution is 2.48. The predicted octanol–water partition coefficient (Wildman–Crippen LogP) is 3.64. The second-order valence-corrected chi connectivity index (χ2v) is 5.77. The molecule has 0 radical (unpaired) electrons. The topological polar surface area (TPSA) is 12.0 Å². The Morgan fingerprint density at radius 2 is 2.20 bits per heavy atom. The summed E-state index contributed by atoms with van der Waals surface area (Å²) in [5, 5.41) is 4.15. The van der Waals surface area contributed by atoms with Crippen LogP contribution < -0.4 is 5.32 Å². The molecule has 0 spiro atoms. The van der Waals surface area contributed by atoms with E-state index in [9.17, 15) is 0 Å². The van der Waals surface area contributed by atoms with Gasteiger partial charge in [-0.1, -0.05) is 33.6 Å². The minimum atomic E-state index is 0.478. The van der Waals surface area contributed by atoms with Crippen LogP contribution in [0.2, 0.25) is 5.02 Å². The quantitative estimate of drug-likeness (QED) is 0.892. The third-order valence-electron chi connectivity index (χ3n) is 3.09. The van der Waals surface area contributed by atoms with Gasteiger partial charge < -0.3 is 5.32 Å². The Balaban J connectivity index is 2.11. The lowest BCUT2D eigenvalue weighted by atomic mass is 9.96. The summed E-state index contributed by atoms with van der Waals surface area (Å²) in [6.45, 7) is 1.10. The molecule has 0 atom stereocenters. The van der Waals surface area contributed by atoms with E-state index in [-0.39, 0.29) is 0 Å². The Bertz CT molecular complexity index is 361. The van der Waals surface area contributed by atoms with Crippen molar-refractivity contribution in [3.05, 3.63) is 33.3 Å². The summed E-state index contributed by atoms with van der Waals surface area (Å²) in [4.78, 5) is 0. The van der Waals surface area contributed by atoms with Crippen LogP contribution in [0.4, 0.5) is 0 Å². The lowest BCUT2D eigenvalue weighted by molar-refractivity contribution is 0.478. The first-order valence-electron chi connectivity index (χ1n) is 5.24. The van der Waals surface area contributed by atoms with Crippen molar-refractivity contribution in [2.45, 2.75) is 19.3 Å². The van der Waals surface area contributed by atoms with Crippen molar-refractivity contribution in [2.75, 3.05) is 13.6 Å². The minimum Gasteiger partial charge on any atom is -0.319 e. The Kier molecular flexibility index (Phi) is 3.39. The van der Waals surface area contributed by atoms with Gasteiger partial charge in [0.1, 0.15) is 0 Å². The van der Waals surface area contributed by atoms with Crippen LogP contribution in [0.25, 0.3) is 0 Å². The maximum Gasteiger partial charge on any atom is 0.0449 e. The molecule has 1 aromatic carbocycles. The summed E-state index contributed by atoms with van der Waals surface area (Å²) in [6, 6.07) is 6.17. The molecule has 82 valence electrons. The fraction of sp³-hybridized carbons (Fsp3) is 0.500. The van der Waals surface area contributed by atoms with Gasteiger partial charge in [0.05, 0.1) is 0 Å². The first kappa shape index (κ1) is 11.4. The van der Waals surface area contributed by atoms with Crippen LogP contribution in [0.15, 0.2) is 22.7 Å². The lowest BCUT2D eigenvalue weighted by Gasteiger charge is -2.15. The van der Waals surface area contributed by atoms with Gasteiger partial charge in [-0.05, 0) is 49.4 Å². The van der Waals surface area contributed by atoms with Crippen molar-refractivity contribution in [1.82, 2.24) is 5.32 Å². The van der Waals surface area contributed by atoms with E-state index in [1.54, 1.807) is 0 Å². The van der Waals surface area contributed by atoms with Crippen LogP contribution in [0.5, 0.6) is 0 Å². The van der Waals surface area contributed by atoms with E-state index in [0.29, 0.717) is 5.41 Å². The minimum absolute atomic E-state index is 0.478. The van der Waals surface area contributed by atoms with Gasteiger partial charge in [0.15, 0.2) is 0 Å². The molecular weight excluding hydrogens is 273 g/mol. The molecule has 0 heterocycles. The Hall–Kier alpha value is -0.0500. The Morgan fingerprint density at radius 3 is 2.73 bits per heavy atom. The predicted molar refractivity (Wildman–Crippen MR) is 68.4 cm³/mol. The zero-order chi connectivity index (χ0) is 10.9. The number of halogens is 2. The van der Waals surface area contributed by atoms with Gasteiger partial charge in [-0.15, -0.1) is 0 Å². The second-order valence-electron chi connectivity index (χ2n) is 4.44. The monoisotopic (exact) mass is 287 g/mol. The fourth-order valence-corrected chi connectivity index (χ4v) is 2.78. The van der Waals surface area contributed by atoms with Crippen LogP contribution in [-0.4, -0.2) is 13.6 Å². The van der Waals surface area contributed by atoms with Gasteiger partial charge in [0.2, 0.25) is 0 Å². The SMILES string of the molecule is CNCC1(Cc2ccc(Br)cc2Cl)CC1. The van der Waals surface area contributed by atoms with Crippen molar-refractivity contribution in [1.29, 1.82) is 0 Å². The highest BCUT2D eigenvalue weighted by Gasteiger charge is 2.41. The molecule has 0 aliphatic heterocycles. The molecule has 1 aromatic rings. The number of nitrogens with one attached hydrogen (secondary N) is 1. The average Bonchev–Trinajstić information content (AvgIpc) is 2.91. The standard InChI is InChI=1S/C12H15BrClN/c1-15-8-12(4-5-12)7-9-2-3-10(13)6-11(9)14/h2-3,6,15H,4-5,7-8H2,1H3.